The van der Waals surface area contributed by atoms with E-state index in [0.29, 0.717) is 11.4 Å². The molecule has 1 aliphatic rings. The maximum atomic E-state index is 12.9. The molecule has 1 atom stereocenters. The molecule has 2 amide bonds. The summed E-state index contributed by atoms with van der Waals surface area (Å²) in [7, 11) is -3.81. The molecule has 0 radical (unpaired) electrons. The van der Waals surface area contributed by atoms with Crippen molar-refractivity contribution < 1.29 is 27.1 Å². The van der Waals surface area contributed by atoms with Crippen LogP contribution in [0, 0.1) is 5.82 Å². The van der Waals surface area contributed by atoms with Gasteiger partial charge in [0.05, 0.1) is 15.8 Å². The number of hydrogen-bond acceptors (Lipinski definition) is 5. The quantitative estimate of drug-likeness (QED) is 0.813. The molecule has 27 heavy (non-hydrogen) atoms. The molecular weight excluding hydrogens is 375 g/mol. The molecule has 0 saturated carbocycles. The maximum Gasteiger partial charge on any atom is 0.262 e. The van der Waals surface area contributed by atoms with Crippen molar-refractivity contribution in [2.75, 3.05) is 17.2 Å². The Hall–Kier alpha value is -2.94. The molecule has 3 rings (SSSR count). The molecule has 1 heterocycles. The summed E-state index contributed by atoms with van der Waals surface area (Å²) < 4.78 is 43.6. The SMILES string of the molecule is CC(CC(=O)Nc1ccc(F)cc1)S(=O)(=O)c1ccc2c(c1)NC(=O)CO2. The van der Waals surface area contributed by atoms with E-state index in [1.807, 2.05) is 0 Å². The summed E-state index contributed by atoms with van der Waals surface area (Å²) in [5, 5.41) is 4.08. The highest BCUT2D eigenvalue weighted by Gasteiger charge is 2.27. The van der Waals surface area contributed by atoms with E-state index >= 15 is 0 Å². The standard InChI is InChI=1S/C18H17FN2O5S/c1-11(8-17(22)20-13-4-2-12(19)3-5-13)27(24,25)14-6-7-16-15(9-14)21-18(23)10-26-16/h2-7,9,11H,8,10H2,1H3,(H,20,22)(H,21,23). The maximum absolute atomic E-state index is 12.9. The first-order valence-electron chi connectivity index (χ1n) is 8.12. The van der Waals surface area contributed by atoms with Gasteiger partial charge in [-0.15, -0.1) is 0 Å². The average molecular weight is 392 g/mol. The number of halogens is 1. The molecular formula is C18H17FN2O5S. The Morgan fingerprint density at radius 1 is 1.26 bits per heavy atom. The molecule has 0 spiro atoms. The van der Waals surface area contributed by atoms with E-state index in [0.717, 1.165) is 0 Å². The van der Waals surface area contributed by atoms with E-state index < -0.39 is 26.8 Å². The fourth-order valence-electron chi connectivity index (χ4n) is 2.59. The highest BCUT2D eigenvalue weighted by Crippen LogP contribution is 2.31. The second kappa shape index (κ2) is 7.36. The molecule has 2 aromatic carbocycles. The van der Waals surface area contributed by atoms with Gasteiger partial charge in [0.2, 0.25) is 5.91 Å². The number of ether oxygens (including phenoxy) is 1. The van der Waals surface area contributed by atoms with Crippen LogP contribution in [0.15, 0.2) is 47.4 Å². The highest BCUT2D eigenvalue weighted by atomic mass is 32.2. The third-order valence-corrected chi connectivity index (χ3v) is 6.18. The molecule has 1 unspecified atom stereocenters. The summed E-state index contributed by atoms with van der Waals surface area (Å²) in [5.74, 6) is -0.932. The molecule has 0 bridgehead atoms. The Bertz CT molecular complexity index is 989. The molecule has 2 aromatic rings. The summed E-state index contributed by atoms with van der Waals surface area (Å²) >= 11 is 0. The lowest BCUT2D eigenvalue weighted by Crippen LogP contribution is -2.27. The van der Waals surface area contributed by atoms with E-state index in [4.69, 9.17) is 4.74 Å². The Morgan fingerprint density at radius 2 is 1.96 bits per heavy atom. The van der Waals surface area contributed by atoms with Gasteiger partial charge >= 0.3 is 0 Å². The van der Waals surface area contributed by atoms with Gasteiger partial charge in [-0.05, 0) is 49.4 Å². The van der Waals surface area contributed by atoms with Crippen LogP contribution in [0.5, 0.6) is 5.75 Å². The van der Waals surface area contributed by atoms with Crippen molar-refractivity contribution in [2.45, 2.75) is 23.5 Å². The Labute approximate surface area is 155 Å². The monoisotopic (exact) mass is 392 g/mol. The van der Waals surface area contributed by atoms with Crippen LogP contribution in [-0.2, 0) is 19.4 Å². The van der Waals surface area contributed by atoms with Crippen molar-refractivity contribution in [1.82, 2.24) is 0 Å². The zero-order chi connectivity index (χ0) is 19.6. The zero-order valence-corrected chi connectivity index (χ0v) is 15.2. The van der Waals surface area contributed by atoms with Crippen molar-refractivity contribution in [1.29, 1.82) is 0 Å². The van der Waals surface area contributed by atoms with Crippen molar-refractivity contribution in [3.05, 3.63) is 48.3 Å². The lowest BCUT2D eigenvalue weighted by molar-refractivity contribution is -0.118. The topological polar surface area (TPSA) is 102 Å². The van der Waals surface area contributed by atoms with Crippen LogP contribution in [0.2, 0.25) is 0 Å². The first-order chi connectivity index (χ1) is 12.8. The molecule has 9 heteroatoms. The Kier molecular flexibility index (Phi) is 5.13. The van der Waals surface area contributed by atoms with E-state index in [2.05, 4.69) is 10.6 Å². The van der Waals surface area contributed by atoms with Crippen molar-refractivity contribution >= 4 is 33.0 Å². The lowest BCUT2D eigenvalue weighted by Gasteiger charge is -2.19. The molecule has 2 N–H and O–H groups in total. The van der Waals surface area contributed by atoms with E-state index in [9.17, 15) is 22.4 Å². The van der Waals surface area contributed by atoms with Gasteiger partial charge in [-0.1, -0.05) is 0 Å². The predicted octanol–water partition coefficient (Wildman–Crippen LogP) is 2.35. The van der Waals surface area contributed by atoms with Crippen molar-refractivity contribution in [3.63, 3.8) is 0 Å². The highest BCUT2D eigenvalue weighted by molar-refractivity contribution is 7.92. The minimum absolute atomic E-state index is 0.0193. The summed E-state index contributed by atoms with van der Waals surface area (Å²) in [6, 6.07) is 9.32. The summed E-state index contributed by atoms with van der Waals surface area (Å²) in [5.41, 5.74) is 0.648. The number of anilines is 2. The average Bonchev–Trinajstić information content (AvgIpc) is 2.62. The number of amides is 2. The van der Waals surface area contributed by atoms with Crippen LogP contribution >= 0.6 is 0 Å². The van der Waals surface area contributed by atoms with Gasteiger partial charge in [0.25, 0.3) is 5.91 Å². The second-order valence-electron chi connectivity index (χ2n) is 6.11. The minimum atomic E-state index is -3.81. The zero-order valence-electron chi connectivity index (χ0n) is 14.4. The van der Waals surface area contributed by atoms with Gasteiger partial charge in [-0.3, -0.25) is 9.59 Å². The van der Waals surface area contributed by atoms with Gasteiger partial charge < -0.3 is 15.4 Å². The fraction of sp³-hybridized carbons (Fsp3) is 0.222. The van der Waals surface area contributed by atoms with Crippen LogP contribution in [-0.4, -0.2) is 32.1 Å². The number of fused-ring (bicyclic) bond motifs is 1. The van der Waals surface area contributed by atoms with Crippen LogP contribution in [0.4, 0.5) is 15.8 Å². The van der Waals surface area contributed by atoms with E-state index in [-0.39, 0.29) is 29.5 Å². The van der Waals surface area contributed by atoms with Gasteiger partial charge in [0.15, 0.2) is 16.4 Å². The normalized spacial score (nSPS) is 14.5. The first-order valence-corrected chi connectivity index (χ1v) is 9.66. The molecule has 0 aromatic heterocycles. The molecule has 0 fully saturated rings. The Balaban J connectivity index is 1.72. The minimum Gasteiger partial charge on any atom is -0.482 e. The molecule has 0 aliphatic carbocycles. The predicted molar refractivity (Wildman–Crippen MR) is 96.9 cm³/mol. The van der Waals surface area contributed by atoms with Crippen LogP contribution in [0.3, 0.4) is 0 Å². The van der Waals surface area contributed by atoms with Gasteiger partial charge in [-0.25, -0.2) is 12.8 Å². The number of benzene rings is 2. The van der Waals surface area contributed by atoms with E-state index in [1.54, 1.807) is 0 Å². The number of carbonyl (C=O) groups is 2. The molecule has 1 aliphatic heterocycles. The molecule has 0 saturated heterocycles. The van der Waals surface area contributed by atoms with Crippen molar-refractivity contribution in [2.24, 2.45) is 0 Å². The number of rotatable bonds is 5. The number of carbonyl (C=O) groups excluding carboxylic acids is 2. The largest absolute Gasteiger partial charge is 0.482 e. The number of hydrogen-bond donors (Lipinski definition) is 2. The van der Waals surface area contributed by atoms with Crippen molar-refractivity contribution in [3.8, 4) is 5.75 Å². The third-order valence-electron chi connectivity index (χ3n) is 4.04. The first kappa shape index (κ1) is 18.8. The van der Waals surface area contributed by atoms with Crippen LogP contribution < -0.4 is 15.4 Å². The fourth-order valence-corrected chi connectivity index (χ4v) is 3.96. The van der Waals surface area contributed by atoms with Crippen LogP contribution in [0.25, 0.3) is 0 Å². The summed E-state index contributed by atoms with van der Waals surface area (Å²) in [6.07, 6.45) is -0.278. The number of sulfone groups is 1. The van der Waals surface area contributed by atoms with Gasteiger partial charge in [0, 0.05) is 12.1 Å². The lowest BCUT2D eigenvalue weighted by atomic mass is 10.2. The summed E-state index contributed by atoms with van der Waals surface area (Å²) in [4.78, 5) is 23.5. The molecule has 7 nitrogen and oxygen atoms in total. The summed E-state index contributed by atoms with van der Waals surface area (Å²) in [6.45, 7) is 1.30. The van der Waals surface area contributed by atoms with E-state index in [1.165, 1.54) is 49.4 Å². The van der Waals surface area contributed by atoms with Gasteiger partial charge in [-0.2, -0.15) is 0 Å². The third kappa shape index (κ3) is 4.25. The molecule has 142 valence electrons. The van der Waals surface area contributed by atoms with Gasteiger partial charge in [0.1, 0.15) is 11.6 Å². The number of nitrogens with one attached hydrogen (secondary N) is 2. The second-order valence-corrected chi connectivity index (χ2v) is 8.48. The Morgan fingerprint density at radius 3 is 2.67 bits per heavy atom. The van der Waals surface area contributed by atoms with Crippen LogP contribution in [0.1, 0.15) is 13.3 Å². The smallest absolute Gasteiger partial charge is 0.262 e.